The summed E-state index contributed by atoms with van der Waals surface area (Å²) in [5.74, 6) is 1.01. The van der Waals surface area contributed by atoms with Crippen LogP contribution in [0.1, 0.15) is 0 Å². The summed E-state index contributed by atoms with van der Waals surface area (Å²) in [5, 5.41) is 46.6. The number of nitrogens with zero attached hydrogens (tertiary/aromatic N) is 3. The highest BCUT2D eigenvalue weighted by molar-refractivity contribution is 6.58. The molecule has 3 aromatic carbocycles. The summed E-state index contributed by atoms with van der Waals surface area (Å²) in [6, 6.07) is 19.3. The molecule has 0 radical (unpaired) electrons. The van der Waals surface area contributed by atoms with E-state index in [-0.39, 0.29) is 29.3 Å². The lowest BCUT2D eigenvalue weighted by Gasteiger charge is -2.12. The Bertz CT molecular complexity index is 1120. The van der Waals surface area contributed by atoms with Crippen molar-refractivity contribution in [2.75, 3.05) is 16.0 Å². The van der Waals surface area contributed by atoms with Crippen LogP contribution < -0.4 is 21.4 Å². The van der Waals surface area contributed by atoms with Crippen molar-refractivity contribution in [3.05, 3.63) is 72.8 Å². The molecule has 160 valence electrons. The molecule has 0 aliphatic heterocycles. The fourth-order valence-electron chi connectivity index (χ4n) is 2.76. The van der Waals surface area contributed by atoms with E-state index in [1.54, 1.807) is 48.5 Å². The maximum Gasteiger partial charge on any atom is 0.488 e. The van der Waals surface area contributed by atoms with Gasteiger partial charge in [0.05, 0.1) is 0 Å². The number of nitrogens with one attached hydrogen (secondary N) is 3. The molecule has 0 atom stereocenters. The molecule has 4 rings (SSSR count). The summed E-state index contributed by atoms with van der Waals surface area (Å²) in [6.45, 7) is 0. The molecule has 0 aliphatic carbocycles. The van der Waals surface area contributed by atoms with E-state index in [0.717, 1.165) is 0 Å². The molecule has 0 unspecified atom stereocenters. The highest BCUT2D eigenvalue weighted by atomic mass is 16.4. The molecule has 0 saturated heterocycles. The minimum atomic E-state index is -1.55. The standard InChI is InChI=1S/C21H19BN6O4/c29-17-9-5-15(6-10-17)24-20-26-19(23-14-3-1-13(2-4-14)22(31)32)27-21(28-20)25-16-7-11-18(30)12-8-16/h1-12,29-32H,(H3,23,24,25,26,27,28). The Balaban J connectivity index is 1.62. The second kappa shape index (κ2) is 9.21. The Morgan fingerprint density at radius 3 is 1.12 bits per heavy atom. The van der Waals surface area contributed by atoms with Gasteiger partial charge in [-0.15, -0.1) is 0 Å². The third kappa shape index (κ3) is 5.42. The van der Waals surface area contributed by atoms with Crippen LogP contribution in [0.4, 0.5) is 34.9 Å². The quantitative estimate of drug-likeness (QED) is 0.171. The molecule has 32 heavy (non-hydrogen) atoms. The third-order valence-corrected chi connectivity index (χ3v) is 4.35. The van der Waals surface area contributed by atoms with Crippen LogP contribution in [-0.2, 0) is 0 Å². The summed E-state index contributed by atoms with van der Waals surface area (Å²) in [6.07, 6.45) is 0. The molecule has 7 N–H and O–H groups in total. The predicted octanol–water partition coefficient (Wildman–Crippen LogP) is 2.19. The van der Waals surface area contributed by atoms with Crippen LogP contribution >= 0.6 is 0 Å². The molecule has 4 aromatic rings. The Morgan fingerprint density at radius 1 is 0.500 bits per heavy atom. The van der Waals surface area contributed by atoms with Gasteiger partial charge in [0.1, 0.15) is 11.5 Å². The van der Waals surface area contributed by atoms with Crippen molar-refractivity contribution in [3.63, 3.8) is 0 Å². The van der Waals surface area contributed by atoms with Gasteiger partial charge in [-0.25, -0.2) is 0 Å². The number of aromatic hydroxyl groups is 2. The van der Waals surface area contributed by atoms with Crippen molar-refractivity contribution < 1.29 is 20.3 Å². The minimum absolute atomic E-state index is 0.139. The number of hydrogen-bond donors (Lipinski definition) is 7. The number of phenols is 2. The molecule has 0 saturated carbocycles. The number of aromatic nitrogens is 3. The lowest BCUT2D eigenvalue weighted by Crippen LogP contribution is -2.29. The zero-order valence-electron chi connectivity index (χ0n) is 16.6. The minimum Gasteiger partial charge on any atom is -0.508 e. The summed E-state index contributed by atoms with van der Waals surface area (Å²) in [4.78, 5) is 13.1. The summed E-state index contributed by atoms with van der Waals surface area (Å²) < 4.78 is 0. The Morgan fingerprint density at radius 2 is 0.812 bits per heavy atom. The number of hydrogen-bond acceptors (Lipinski definition) is 10. The molecule has 0 spiro atoms. The van der Waals surface area contributed by atoms with Crippen molar-refractivity contribution in [2.24, 2.45) is 0 Å². The van der Waals surface area contributed by atoms with Gasteiger partial charge in [-0.2, -0.15) is 15.0 Å². The second-order valence-electron chi connectivity index (χ2n) is 6.77. The lowest BCUT2D eigenvalue weighted by atomic mass is 9.80. The number of phenolic OH excluding ortho intramolecular Hbond substituents is 2. The third-order valence-electron chi connectivity index (χ3n) is 4.35. The van der Waals surface area contributed by atoms with Gasteiger partial charge in [-0.3, -0.25) is 0 Å². The molecular weight excluding hydrogens is 411 g/mol. The molecule has 0 bridgehead atoms. The van der Waals surface area contributed by atoms with Crippen LogP contribution in [0.25, 0.3) is 0 Å². The van der Waals surface area contributed by atoms with Gasteiger partial charge in [-0.05, 0) is 66.1 Å². The summed E-state index contributed by atoms with van der Waals surface area (Å²) >= 11 is 0. The summed E-state index contributed by atoms with van der Waals surface area (Å²) in [5.41, 5.74) is 2.32. The zero-order chi connectivity index (χ0) is 22.5. The van der Waals surface area contributed by atoms with E-state index in [2.05, 4.69) is 30.9 Å². The van der Waals surface area contributed by atoms with E-state index in [9.17, 15) is 20.3 Å². The fourth-order valence-corrected chi connectivity index (χ4v) is 2.76. The Labute approximate surface area is 183 Å². The van der Waals surface area contributed by atoms with E-state index in [0.29, 0.717) is 22.5 Å². The van der Waals surface area contributed by atoms with Crippen molar-refractivity contribution in [1.82, 2.24) is 15.0 Å². The monoisotopic (exact) mass is 430 g/mol. The first-order valence-corrected chi connectivity index (χ1v) is 9.56. The van der Waals surface area contributed by atoms with Crippen LogP contribution in [0.15, 0.2) is 72.8 Å². The normalized spacial score (nSPS) is 10.4. The van der Waals surface area contributed by atoms with E-state index in [4.69, 9.17) is 0 Å². The van der Waals surface area contributed by atoms with Gasteiger partial charge in [0, 0.05) is 17.1 Å². The highest BCUT2D eigenvalue weighted by Crippen LogP contribution is 2.22. The average molecular weight is 430 g/mol. The van der Waals surface area contributed by atoms with E-state index < -0.39 is 7.12 Å². The molecule has 10 nitrogen and oxygen atoms in total. The van der Waals surface area contributed by atoms with Crippen LogP contribution in [-0.4, -0.2) is 42.3 Å². The van der Waals surface area contributed by atoms with Crippen LogP contribution in [0.2, 0.25) is 0 Å². The molecule has 1 heterocycles. The average Bonchev–Trinajstić information content (AvgIpc) is 2.77. The van der Waals surface area contributed by atoms with Crippen LogP contribution in [0, 0.1) is 0 Å². The van der Waals surface area contributed by atoms with E-state index in [1.165, 1.54) is 24.3 Å². The van der Waals surface area contributed by atoms with Gasteiger partial charge in [0.15, 0.2) is 0 Å². The van der Waals surface area contributed by atoms with Crippen LogP contribution in [0.3, 0.4) is 0 Å². The van der Waals surface area contributed by atoms with Gasteiger partial charge in [-0.1, -0.05) is 12.1 Å². The molecular formula is C21H19BN6O4. The molecule has 0 amide bonds. The van der Waals surface area contributed by atoms with E-state index >= 15 is 0 Å². The zero-order valence-corrected chi connectivity index (χ0v) is 16.6. The number of benzene rings is 3. The number of anilines is 6. The van der Waals surface area contributed by atoms with Gasteiger partial charge >= 0.3 is 7.12 Å². The first-order valence-electron chi connectivity index (χ1n) is 9.56. The molecule has 0 aliphatic rings. The Kier molecular flexibility index (Phi) is 6.01. The van der Waals surface area contributed by atoms with Gasteiger partial charge < -0.3 is 36.2 Å². The van der Waals surface area contributed by atoms with E-state index in [1.807, 2.05) is 0 Å². The van der Waals surface area contributed by atoms with Crippen molar-refractivity contribution in [2.45, 2.75) is 0 Å². The first-order chi connectivity index (χ1) is 15.4. The van der Waals surface area contributed by atoms with Crippen molar-refractivity contribution >= 4 is 47.5 Å². The maximum atomic E-state index is 9.47. The molecule has 1 aromatic heterocycles. The smallest absolute Gasteiger partial charge is 0.488 e. The largest absolute Gasteiger partial charge is 0.508 e. The van der Waals surface area contributed by atoms with Gasteiger partial charge in [0.2, 0.25) is 17.8 Å². The highest BCUT2D eigenvalue weighted by Gasteiger charge is 2.11. The fraction of sp³-hybridized carbons (Fsp3) is 0. The first kappa shape index (κ1) is 20.9. The summed E-state index contributed by atoms with van der Waals surface area (Å²) in [7, 11) is -1.55. The van der Waals surface area contributed by atoms with Crippen LogP contribution in [0.5, 0.6) is 11.5 Å². The SMILES string of the molecule is OB(O)c1ccc(Nc2nc(Nc3ccc(O)cc3)nc(Nc3ccc(O)cc3)n2)cc1. The Hall–Kier alpha value is -4.35. The molecule has 0 fully saturated rings. The van der Waals surface area contributed by atoms with Crippen molar-refractivity contribution in [1.29, 1.82) is 0 Å². The number of rotatable bonds is 7. The maximum absolute atomic E-state index is 9.47. The lowest BCUT2D eigenvalue weighted by molar-refractivity contribution is 0.426. The molecule has 11 heteroatoms. The second-order valence-corrected chi connectivity index (χ2v) is 6.77. The topological polar surface area (TPSA) is 156 Å². The van der Waals surface area contributed by atoms with Gasteiger partial charge in [0.25, 0.3) is 0 Å². The predicted molar refractivity (Wildman–Crippen MR) is 122 cm³/mol. The van der Waals surface area contributed by atoms with Crippen molar-refractivity contribution in [3.8, 4) is 11.5 Å².